The van der Waals surface area contributed by atoms with Crippen molar-refractivity contribution in [1.82, 2.24) is 5.32 Å². The van der Waals surface area contributed by atoms with Crippen LogP contribution in [0.2, 0.25) is 0 Å². The van der Waals surface area contributed by atoms with E-state index in [4.69, 9.17) is 0 Å². The number of carboxylic acids is 1. The van der Waals surface area contributed by atoms with Crippen molar-refractivity contribution >= 4 is 29.3 Å². The summed E-state index contributed by atoms with van der Waals surface area (Å²) in [6.45, 7) is 3.69. The van der Waals surface area contributed by atoms with E-state index in [1.807, 2.05) is 28.8 Å². The van der Waals surface area contributed by atoms with E-state index < -0.39 is 12.0 Å². The first-order valence-corrected chi connectivity index (χ1v) is 12.2. The van der Waals surface area contributed by atoms with Gasteiger partial charge in [0.25, 0.3) is 5.91 Å². The number of carboxylic acid groups (broad SMARTS) is 1. The summed E-state index contributed by atoms with van der Waals surface area (Å²) in [5, 5.41) is 12.3. The van der Waals surface area contributed by atoms with Gasteiger partial charge in [0.1, 0.15) is 6.04 Å². The molecular weight excluding hydrogens is 384 g/mol. The van der Waals surface area contributed by atoms with Crippen LogP contribution in [0.4, 0.5) is 5.69 Å². The minimum absolute atomic E-state index is 0.0614. The number of hydrogen-bond donors (Lipinski definition) is 2. The maximum atomic E-state index is 12.3. The lowest BCUT2D eigenvalue weighted by atomic mass is 10.1. The number of nitrogens with zero attached hydrogens (tertiary/aromatic N) is 1. The van der Waals surface area contributed by atoms with E-state index >= 15 is 0 Å². The van der Waals surface area contributed by atoms with Gasteiger partial charge < -0.3 is 15.3 Å². The molecular formula is C23H36N2O3S. The maximum absolute atomic E-state index is 12.3. The third-order valence-electron chi connectivity index (χ3n) is 5.39. The Morgan fingerprint density at radius 1 is 1.07 bits per heavy atom. The second-order valence-electron chi connectivity index (χ2n) is 7.73. The molecule has 1 aliphatic rings. The third-order valence-corrected chi connectivity index (χ3v) is 6.55. The van der Waals surface area contributed by atoms with Crippen LogP contribution < -0.4 is 10.2 Å². The van der Waals surface area contributed by atoms with E-state index in [9.17, 15) is 14.7 Å². The second-order valence-corrected chi connectivity index (χ2v) is 8.95. The summed E-state index contributed by atoms with van der Waals surface area (Å²) in [5.41, 5.74) is 1.50. The van der Waals surface area contributed by atoms with Crippen molar-refractivity contribution in [1.29, 1.82) is 0 Å². The summed E-state index contributed by atoms with van der Waals surface area (Å²) in [6.07, 6.45) is 10.6. The summed E-state index contributed by atoms with van der Waals surface area (Å²) in [7, 11) is 0. The zero-order valence-corrected chi connectivity index (χ0v) is 18.5. The Labute approximate surface area is 179 Å². The second kappa shape index (κ2) is 13.5. The number of aliphatic carboxylic acids is 1. The molecule has 1 aromatic carbocycles. The van der Waals surface area contributed by atoms with E-state index in [2.05, 4.69) is 12.2 Å². The Bertz CT molecular complexity index is 621. The molecule has 1 unspecified atom stereocenters. The fourth-order valence-corrected chi connectivity index (χ4v) is 4.66. The van der Waals surface area contributed by atoms with Crippen LogP contribution in [0.1, 0.15) is 75.1 Å². The minimum Gasteiger partial charge on any atom is -0.480 e. The van der Waals surface area contributed by atoms with Gasteiger partial charge in [-0.15, -0.1) is 0 Å². The maximum Gasteiger partial charge on any atom is 0.326 e. The first-order chi connectivity index (χ1) is 14.1. The molecule has 1 aliphatic heterocycles. The number of rotatable bonds is 14. The molecule has 0 bridgehead atoms. The molecule has 1 amide bonds. The van der Waals surface area contributed by atoms with Gasteiger partial charge in [0.05, 0.1) is 0 Å². The number of nitrogens with one attached hydrogen (secondary N) is 1. The SMILES string of the molecule is CCCCCCCCSCCCNC(=O)c1ccc(N2CCCC2C(=O)O)cc1. The van der Waals surface area contributed by atoms with Crippen molar-refractivity contribution in [3.63, 3.8) is 0 Å². The fourth-order valence-electron chi connectivity index (χ4n) is 3.70. The predicted molar refractivity (Wildman–Crippen MR) is 122 cm³/mol. The Kier molecular flexibility index (Phi) is 11.0. The van der Waals surface area contributed by atoms with Gasteiger partial charge in [-0.05, 0) is 61.5 Å². The fraction of sp³-hybridized carbons (Fsp3) is 0.652. The summed E-state index contributed by atoms with van der Waals surface area (Å²) in [5.74, 6) is 1.46. The molecule has 2 rings (SSSR count). The molecule has 1 heterocycles. The van der Waals surface area contributed by atoms with Crippen molar-refractivity contribution < 1.29 is 14.7 Å². The highest BCUT2D eigenvalue weighted by atomic mass is 32.2. The molecule has 162 valence electrons. The topological polar surface area (TPSA) is 69.6 Å². The van der Waals surface area contributed by atoms with Crippen LogP contribution in [0, 0.1) is 0 Å². The molecule has 0 aromatic heterocycles. The zero-order valence-electron chi connectivity index (χ0n) is 17.7. The van der Waals surface area contributed by atoms with Gasteiger partial charge in [-0.1, -0.05) is 39.0 Å². The highest BCUT2D eigenvalue weighted by molar-refractivity contribution is 7.99. The highest BCUT2D eigenvalue weighted by Crippen LogP contribution is 2.26. The molecule has 1 atom stereocenters. The van der Waals surface area contributed by atoms with Gasteiger partial charge in [0, 0.05) is 24.3 Å². The largest absolute Gasteiger partial charge is 0.480 e. The lowest BCUT2D eigenvalue weighted by Crippen LogP contribution is -2.35. The molecule has 1 saturated heterocycles. The Balaban J connectivity index is 1.59. The Hall–Kier alpha value is -1.69. The first kappa shape index (κ1) is 23.6. The molecule has 1 aromatic rings. The van der Waals surface area contributed by atoms with Crippen molar-refractivity contribution in [2.75, 3.05) is 29.5 Å². The molecule has 0 saturated carbocycles. The molecule has 29 heavy (non-hydrogen) atoms. The van der Waals surface area contributed by atoms with Crippen molar-refractivity contribution in [3.8, 4) is 0 Å². The van der Waals surface area contributed by atoms with Crippen LogP contribution >= 0.6 is 11.8 Å². The van der Waals surface area contributed by atoms with E-state index in [1.165, 1.54) is 44.3 Å². The van der Waals surface area contributed by atoms with E-state index in [0.717, 1.165) is 30.8 Å². The number of unbranched alkanes of at least 4 members (excludes halogenated alkanes) is 5. The molecule has 0 spiro atoms. The van der Waals surface area contributed by atoms with Gasteiger partial charge in [0.2, 0.25) is 0 Å². The van der Waals surface area contributed by atoms with Crippen LogP contribution in [0.3, 0.4) is 0 Å². The van der Waals surface area contributed by atoms with Crippen LogP contribution in [0.15, 0.2) is 24.3 Å². The minimum atomic E-state index is -0.779. The number of thioether (sulfide) groups is 1. The predicted octanol–water partition coefficient (Wildman–Crippen LogP) is 4.95. The zero-order chi connectivity index (χ0) is 20.9. The van der Waals surface area contributed by atoms with Gasteiger partial charge in [0.15, 0.2) is 0 Å². The molecule has 0 radical (unpaired) electrons. The van der Waals surface area contributed by atoms with Gasteiger partial charge in [-0.2, -0.15) is 11.8 Å². The van der Waals surface area contributed by atoms with Crippen LogP contribution in [0.5, 0.6) is 0 Å². The molecule has 5 nitrogen and oxygen atoms in total. The van der Waals surface area contributed by atoms with Crippen LogP contribution in [-0.4, -0.2) is 47.6 Å². The Morgan fingerprint density at radius 2 is 1.76 bits per heavy atom. The highest BCUT2D eigenvalue weighted by Gasteiger charge is 2.30. The molecule has 1 fully saturated rings. The smallest absolute Gasteiger partial charge is 0.326 e. The molecule has 6 heteroatoms. The van der Waals surface area contributed by atoms with Gasteiger partial charge in [-0.3, -0.25) is 4.79 Å². The van der Waals surface area contributed by atoms with Crippen molar-refractivity contribution in [2.45, 2.75) is 70.8 Å². The monoisotopic (exact) mass is 420 g/mol. The van der Waals surface area contributed by atoms with Gasteiger partial charge in [-0.25, -0.2) is 4.79 Å². The molecule has 0 aliphatic carbocycles. The normalized spacial score (nSPS) is 16.2. The van der Waals surface area contributed by atoms with E-state index in [-0.39, 0.29) is 5.91 Å². The average Bonchev–Trinajstić information content (AvgIpc) is 3.22. The number of amides is 1. The van der Waals surface area contributed by atoms with Crippen molar-refractivity contribution in [3.05, 3.63) is 29.8 Å². The lowest BCUT2D eigenvalue weighted by molar-refractivity contribution is -0.138. The summed E-state index contributed by atoms with van der Waals surface area (Å²) >= 11 is 1.98. The molecule has 2 N–H and O–H groups in total. The first-order valence-electron chi connectivity index (χ1n) is 11.1. The number of anilines is 1. The van der Waals surface area contributed by atoms with Crippen LogP contribution in [-0.2, 0) is 4.79 Å². The lowest BCUT2D eigenvalue weighted by Gasteiger charge is -2.23. The number of carbonyl (C=O) groups is 2. The quantitative estimate of drug-likeness (QED) is 0.417. The third kappa shape index (κ3) is 8.29. The van der Waals surface area contributed by atoms with Crippen LogP contribution in [0.25, 0.3) is 0 Å². The van der Waals surface area contributed by atoms with E-state index in [1.54, 1.807) is 12.1 Å². The Morgan fingerprint density at radius 3 is 2.48 bits per heavy atom. The van der Waals surface area contributed by atoms with E-state index in [0.29, 0.717) is 18.5 Å². The number of benzene rings is 1. The van der Waals surface area contributed by atoms with Gasteiger partial charge >= 0.3 is 5.97 Å². The standard InChI is InChI=1S/C23H36N2O3S/c1-2-3-4-5-6-7-17-29-18-9-15-24-22(26)19-11-13-20(14-12-19)25-16-8-10-21(25)23(27)28/h11-14,21H,2-10,15-18H2,1H3,(H,24,26)(H,27,28). The summed E-state index contributed by atoms with van der Waals surface area (Å²) < 4.78 is 0. The average molecular weight is 421 g/mol. The number of carbonyl (C=O) groups excluding carboxylic acids is 1. The summed E-state index contributed by atoms with van der Waals surface area (Å²) in [4.78, 5) is 25.5. The summed E-state index contributed by atoms with van der Waals surface area (Å²) in [6, 6.07) is 6.83. The number of hydrogen-bond acceptors (Lipinski definition) is 4. The van der Waals surface area contributed by atoms with Crippen molar-refractivity contribution in [2.24, 2.45) is 0 Å².